The zero-order valence-corrected chi connectivity index (χ0v) is 10.8. The lowest BCUT2D eigenvalue weighted by molar-refractivity contribution is -0.120. The standard InChI is InChI=1S/C13H26N2O/c1-3-4-5-6-9-15-10-7-8-13(11-15)14-12(2)16/h13H,3-11H2,1-2H3,(H,14,16)/t13-/m1/s1. The van der Waals surface area contributed by atoms with Crippen LogP contribution in [-0.2, 0) is 4.79 Å². The summed E-state index contributed by atoms with van der Waals surface area (Å²) >= 11 is 0. The number of nitrogens with one attached hydrogen (secondary N) is 1. The third-order valence-electron chi connectivity index (χ3n) is 3.24. The van der Waals surface area contributed by atoms with Gasteiger partial charge in [0.2, 0.25) is 5.91 Å². The van der Waals surface area contributed by atoms with Gasteiger partial charge in [0.15, 0.2) is 0 Å². The van der Waals surface area contributed by atoms with Crippen LogP contribution >= 0.6 is 0 Å². The summed E-state index contributed by atoms with van der Waals surface area (Å²) in [7, 11) is 0. The van der Waals surface area contributed by atoms with Gasteiger partial charge < -0.3 is 10.2 Å². The molecular weight excluding hydrogens is 200 g/mol. The van der Waals surface area contributed by atoms with Crippen molar-refractivity contribution >= 4 is 5.91 Å². The van der Waals surface area contributed by atoms with Gasteiger partial charge in [-0.05, 0) is 32.4 Å². The molecule has 1 saturated heterocycles. The van der Waals surface area contributed by atoms with Gasteiger partial charge in [-0.2, -0.15) is 0 Å². The van der Waals surface area contributed by atoms with Crippen LogP contribution < -0.4 is 5.32 Å². The Bertz CT molecular complexity index is 206. The summed E-state index contributed by atoms with van der Waals surface area (Å²) in [4.78, 5) is 13.5. The summed E-state index contributed by atoms with van der Waals surface area (Å²) in [5.74, 6) is 0.109. The minimum absolute atomic E-state index is 0.109. The second-order valence-corrected chi connectivity index (χ2v) is 4.90. The van der Waals surface area contributed by atoms with Crippen LogP contribution in [0, 0.1) is 0 Å². The molecule has 0 unspecified atom stereocenters. The summed E-state index contributed by atoms with van der Waals surface area (Å²) in [6.07, 6.45) is 7.67. The smallest absolute Gasteiger partial charge is 0.217 e. The van der Waals surface area contributed by atoms with Crippen molar-refractivity contribution in [2.24, 2.45) is 0 Å². The Balaban J connectivity index is 2.14. The first-order valence-electron chi connectivity index (χ1n) is 6.72. The second kappa shape index (κ2) is 7.66. The number of carbonyl (C=O) groups is 1. The number of amides is 1. The molecule has 0 aromatic heterocycles. The molecule has 3 nitrogen and oxygen atoms in total. The molecule has 94 valence electrons. The zero-order chi connectivity index (χ0) is 11.8. The molecule has 1 atom stereocenters. The number of hydrogen-bond acceptors (Lipinski definition) is 2. The van der Waals surface area contributed by atoms with Gasteiger partial charge in [0.05, 0.1) is 0 Å². The molecule has 1 fully saturated rings. The third kappa shape index (κ3) is 5.50. The van der Waals surface area contributed by atoms with E-state index in [9.17, 15) is 4.79 Å². The van der Waals surface area contributed by atoms with E-state index < -0.39 is 0 Å². The van der Waals surface area contributed by atoms with Crippen molar-refractivity contribution in [3.63, 3.8) is 0 Å². The number of unbranched alkanes of at least 4 members (excludes halogenated alkanes) is 3. The molecule has 0 saturated carbocycles. The molecule has 1 amide bonds. The predicted octanol–water partition coefficient (Wildman–Crippen LogP) is 2.17. The molecule has 1 aliphatic rings. The summed E-state index contributed by atoms with van der Waals surface area (Å²) < 4.78 is 0. The zero-order valence-electron chi connectivity index (χ0n) is 10.8. The molecule has 0 radical (unpaired) electrons. The van der Waals surface area contributed by atoms with Crippen LogP contribution in [0.1, 0.15) is 52.4 Å². The lowest BCUT2D eigenvalue weighted by Gasteiger charge is -2.32. The van der Waals surface area contributed by atoms with Crippen LogP contribution in [0.5, 0.6) is 0 Å². The molecule has 0 spiro atoms. The average Bonchev–Trinajstić information content (AvgIpc) is 2.24. The molecule has 1 heterocycles. The fourth-order valence-corrected chi connectivity index (χ4v) is 2.43. The number of rotatable bonds is 6. The van der Waals surface area contributed by atoms with Crippen molar-refractivity contribution in [3.05, 3.63) is 0 Å². The van der Waals surface area contributed by atoms with E-state index in [1.165, 1.54) is 45.2 Å². The van der Waals surface area contributed by atoms with Crippen molar-refractivity contribution < 1.29 is 4.79 Å². The lowest BCUT2D eigenvalue weighted by atomic mass is 10.0. The SMILES string of the molecule is CCCCCCN1CCC[C@@H](NC(C)=O)C1. The van der Waals surface area contributed by atoms with Gasteiger partial charge in [0, 0.05) is 19.5 Å². The van der Waals surface area contributed by atoms with Crippen LogP contribution in [0.2, 0.25) is 0 Å². The first-order valence-corrected chi connectivity index (χ1v) is 6.72. The van der Waals surface area contributed by atoms with Crippen molar-refractivity contribution in [1.29, 1.82) is 0 Å². The summed E-state index contributed by atoms with van der Waals surface area (Å²) in [6, 6.07) is 0.387. The van der Waals surface area contributed by atoms with Crippen molar-refractivity contribution in [2.75, 3.05) is 19.6 Å². The molecule has 0 bridgehead atoms. The van der Waals surface area contributed by atoms with Gasteiger partial charge in [-0.25, -0.2) is 0 Å². The van der Waals surface area contributed by atoms with Crippen LogP contribution in [-0.4, -0.2) is 36.5 Å². The highest BCUT2D eigenvalue weighted by Crippen LogP contribution is 2.11. The monoisotopic (exact) mass is 226 g/mol. The molecule has 16 heavy (non-hydrogen) atoms. The number of carbonyl (C=O) groups excluding carboxylic acids is 1. The molecule has 1 N–H and O–H groups in total. The van der Waals surface area contributed by atoms with E-state index in [4.69, 9.17) is 0 Å². The Morgan fingerprint density at radius 3 is 2.88 bits per heavy atom. The van der Waals surface area contributed by atoms with Crippen LogP contribution in [0.4, 0.5) is 0 Å². The average molecular weight is 226 g/mol. The molecule has 1 rings (SSSR count). The minimum atomic E-state index is 0.109. The largest absolute Gasteiger partial charge is 0.352 e. The topological polar surface area (TPSA) is 32.3 Å². The lowest BCUT2D eigenvalue weighted by Crippen LogP contribution is -2.47. The maximum atomic E-state index is 11.0. The molecule has 0 aromatic carbocycles. The predicted molar refractivity (Wildman–Crippen MR) is 67.4 cm³/mol. The summed E-state index contributed by atoms with van der Waals surface area (Å²) in [5, 5.41) is 3.03. The van der Waals surface area contributed by atoms with Crippen molar-refractivity contribution in [2.45, 2.75) is 58.4 Å². The van der Waals surface area contributed by atoms with Crippen molar-refractivity contribution in [3.8, 4) is 0 Å². The van der Waals surface area contributed by atoms with Gasteiger partial charge in [0.25, 0.3) is 0 Å². The Morgan fingerprint density at radius 1 is 1.38 bits per heavy atom. The van der Waals surface area contributed by atoms with E-state index in [0.717, 1.165) is 13.0 Å². The summed E-state index contributed by atoms with van der Waals surface area (Å²) in [5.41, 5.74) is 0. The van der Waals surface area contributed by atoms with Gasteiger partial charge in [-0.3, -0.25) is 4.79 Å². The maximum absolute atomic E-state index is 11.0. The van der Waals surface area contributed by atoms with Gasteiger partial charge >= 0.3 is 0 Å². The highest BCUT2D eigenvalue weighted by molar-refractivity contribution is 5.73. The van der Waals surface area contributed by atoms with Crippen molar-refractivity contribution in [1.82, 2.24) is 10.2 Å². The van der Waals surface area contributed by atoms with Crippen LogP contribution in [0.3, 0.4) is 0 Å². The van der Waals surface area contributed by atoms with Gasteiger partial charge in [-0.15, -0.1) is 0 Å². The number of hydrogen-bond donors (Lipinski definition) is 1. The Morgan fingerprint density at radius 2 is 2.19 bits per heavy atom. The van der Waals surface area contributed by atoms with Crippen LogP contribution in [0.25, 0.3) is 0 Å². The van der Waals surface area contributed by atoms with E-state index in [2.05, 4.69) is 17.1 Å². The molecular formula is C13H26N2O. The maximum Gasteiger partial charge on any atom is 0.217 e. The number of nitrogens with zero attached hydrogens (tertiary/aromatic N) is 1. The van der Waals surface area contributed by atoms with E-state index in [1.807, 2.05) is 0 Å². The van der Waals surface area contributed by atoms with E-state index in [0.29, 0.717) is 6.04 Å². The molecule has 0 aromatic rings. The van der Waals surface area contributed by atoms with E-state index in [-0.39, 0.29) is 5.91 Å². The Kier molecular flexibility index (Phi) is 6.46. The van der Waals surface area contributed by atoms with Gasteiger partial charge in [-0.1, -0.05) is 26.2 Å². The first-order chi connectivity index (χ1) is 7.72. The van der Waals surface area contributed by atoms with E-state index in [1.54, 1.807) is 6.92 Å². The second-order valence-electron chi connectivity index (χ2n) is 4.90. The summed E-state index contributed by atoms with van der Waals surface area (Å²) in [6.45, 7) is 7.32. The van der Waals surface area contributed by atoms with Crippen LogP contribution in [0.15, 0.2) is 0 Å². The Hall–Kier alpha value is -0.570. The Labute approximate surface area is 99.6 Å². The van der Waals surface area contributed by atoms with Gasteiger partial charge in [0.1, 0.15) is 0 Å². The minimum Gasteiger partial charge on any atom is -0.352 e. The number of piperidine rings is 1. The highest BCUT2D eigenvalue weighted by Gasteiger charge is 2.19. The van der Waals surface area contributed by atoms with E-state index >= 15 is 0 Å². The number of likely N-dealkylation sites (tertiary alicyclic amines) is 1. The quantitative estimate of drug-likeness (QED) is 0.704. The molecule has 1 aliphatic heterocycles. The third-order valence-corrected chi connectivity index (χ3v) is 3.24. The molecule has 3 heteroatoms. The highest BCUT2D eigenvalue weighted by atomic mass is 16.1. The first kappa shape index (κ1) is 13.5. The fourth-order valence-electron chi connectivity index (χ4n) is 2.43. The normalized spacial score (nSPS) is 22.0. The molecule has 0 aliphatic carbocycles. The fraction of sp³-hybridized carbons (Fsp3) is 0.923.